The minimum Gasteiger partial charge on any atom is -0.362 e. The Kier molecular flexibility index (Phi) is 5.89. The first-order chi connectivity index (χ1) is 15.5. The zero-order chi connectivity index (χ0) is 24.0. The van der Waals surface area contributed by atoms with Crippen LogP contribution in [-0.4, -0.2) is 33.6 Å². The third-order valence-corrected chi connectivity index (χ3v) is 7.57. The predicted molar refractivity (Wildman–Crippen MR) is 121 cm³/mol. The van der Waals surface area contributed by atoms with E-state index in [-0.39, 0.29) is 34.0 Å². The molecular formula is C26H29F3N2O2. The lowest BCUT2D eigenvalue weighted by Gasteiger charge is -2.43. The number of benzene rings is 2. The Morgan fingerprint density at radius 1 is 1.09 bits per heavy atom. The topological polar surface area (TPSA) is 52.9 Å². The summed E-state index contributed by atoms with van der Waals surface area (Å²) in [4.78, 5) is 13.2. The molecule has 0 saturated heterocycles. The summed E-state index contributed by atoms with van der Waals surface area (Å²) < 4.78 is 42.9. The fourth-order valence-corrected chi connectivity index (χ4v) is 4.98. The number of fused-ring (bicyclic) bond motifs is 1. The third kappa shape index (κ3) is 3.97. The summed E-state index contributed by atoms with van der Waals surface area (Å²) in [6, 6.07) is 15.8. The molecule has 4 nitrogen and oxygen atoms in total. The van der Waals surface area contributed by atoms with Gasteiger partial charge in [-0.15, -0.1) is 0 Å². The van der Waals surface area contributed by atoms with Crippen LogP contribution in [-0.2, 0) is 0 Å². The summed E-state index contributed by atoms with van der Waals surface area (Å²) in [6.45, 7) is 6.10. The maximum Gasteiger partial charge on any atom is 0.439 e. The van der Waals surface area contributed by atoms with Gasteiger partial charge in [-0.3, -0.25) is 4.79 Å². The lowest BCUT2D eigenvalue weighted by atomic mass is 9.64. The Hall–Kier alpha value is -2.67. The van der Waals surface area contributed by atoms with E-state index in [1.807, 2.05) is 51.1 Å². The normalized spacial score (nSPS) is 25.5. The van der Waals surface area contributed by atoms with Crippen LogP contribution >= 0.6 is 0 Å². The number of nitrogens with zero attached hydrogens (tertiary/aromatic N) is 2. The minimum atomic E-state index is -5.04. The van der Waals surface area contributed by atoms with Gasteiger partial charge in [0, 0.05) is 11.3 Å². The minimum absolute atomic E-state index is 0.000493. The Morgan fingerprint density at radius 2 is 1.70 bits per heavy atom. The highest BCUT2D eigenvalue weighted by molar-refractivity contribution is 5.99. The van der Waals surface area contributed by atoms with Gasteiger partial charge in [0.05, 0.1) is 5.92 Å². The number of hydrogen-bond acceptors (Lipinski definition) is 3. The number of aliphatic hydroxyl groups is 1. The molecule has 33 heavy (non-hydrogen) atoms. The van der Waals surface area contributed by atoms with Gasteiger partial charge in [0.15, 0.2) is 0 Å². The molecule has 0 aromatic heterocycles. The van der Waals surface area contributed by atoms with Crippen LogP contribution in [0.4, 0.5) is 13.2 Å². The maximum atomic E-state index is 14.3. The molecule has 3 atom stereocenters. The molecule has 176 valence electrons. The van der Waals surface area contributed by atoms with E-state index in [4.69, 9.17) is 0 Å². The Labute approximate surface area is 192 Å². The zero-order valence-corrected chi connectivity index (χ0v) is 19.1. The monoisotopic (exact) mass is 458 g/mol. The number of hydrazone groups is 1. The highest BCUT2D eigenvalue weighted by Crippen LogP contribution is 2.52. The van der Waals surface area contributed by atoms with E-state index in [2.05, 4.69) is 5.10 Å². The Balaban J connectivity index is 1.66. The number of rotatable bonds is 4. The van der Waals surface area contributed by atoms with Crippen LogP contribution in [0.2, 0.25) is 0 Å². The highest BCUT2D eigenvalue weighted by atomic mass is 19.4. The van der Waals surface area contributed by atoms with Gasteiger partial charge in [0.25, 0.3) is 11.6 Å². The summed E-state index contributed by atoms with van der Waals surface area (Å²) >= 11 is 0. The number of halogens is 3. The fraction of sp³-hybridized carbons (Fsp3) is 0.462. The standard InChI is InChI=1S/C26H29F3N2O2/c1-4-24(2,3)20-14-15-22-21(16-20)25(33,26(27,28)29)31(30-22)23(32)19-12-10-18(11-13-19)17-8-6-5-7-9-17/h5-13,20-21,33H,4,14-16H2,1-3H3/t20-,21+,25+/m1/s1. The van der Waals surface area contributed by atoms with Crippen LogP contribution in [0.3, 0.4) is 0 Å². The van der Waals surface area contributed by atoms with Gasteiger partial charge in [0.1, 0.15) is 0 Å². The summed E-state index contributed by atoms with van der Waals surface area (Å²) in [7, 11) is 0. The van der Waals surface area contributed by atoms with Crippen LogP contribution < -0.4 is 0 Å². The summed E-state index contributed by atoms with van der Waals surface area (Å²) in [5.41, 5.74) is -1.44. The van der Waals surface area contributed by atoms with E-state index in [1.165, 1.54) is 12.1 Å². The number of hydrogen-bond donors (Lipinski definition) is 1. The van der Waals surface area contributed by atoms with Gasteiger partial charge in [-0.1, -0.05) is 69.7 Å². The molecule has 2 aromatic carbocycles. The first-order valence-corrected chi connectivity index (χ1v) is 11.4. The maximum absolute atomic E-state index is 14.3. The van der Waals surface area contributed by atoms with Gasteiger partial charge in [-0.05, 0) is 53.9 Å². The largest absolute Gasteiger partial charge is 0.439 e. The molecule has 1 heterocycles. The van der Waals surface area contributed by atoms with Crippen LogP contribution in [0.1, 0.15) is 56.8 Å². The van der Waals surface area contributed by atoms with Crippen molar-refractivity contribution >= 4 is 11.6 Å². The van der Waals surface area contributed by atoms with Crippen LogP contribution in [0.5, 0.6) is 0 Å². The van der Waals surface area contributed by atoms with Crippen LogP contribution in [0, 0.1) is 17.3 Å². The van der Waals surface area contributed by atoms with Gasteiger partial charge >= 0.3 is 6.18 Å². The SMILES string of the molecule is CCC(C)(C)[C@@H]1CCC2=NN(C(=O)c3ccc(-c4ccccc4)cc3)[C@@](O)(C(F)(F)F)[C@H]2C1. The van der Waals surface area contributed by atoms with Crippen molar-refractivity contribution in [3.8, 4) is 11.1 Å². The molecule has 1 saturated carbocycles. The second kappa shape index (κ2) is 8.28. The van der Waals surface area contributed by atoms with Gasteiger partial charge in [0.2, 0.25) is 0 Å². The van der Waals surface area contributed by atoms with Crippen molar-refractivity contribution in [3.63, 3.8) is 0 Å². The van der Waals surface area contributed by atoms with E-state index in [0.717, 1.165) is 17.5 Å². The molecule has 4 rings (SSSR count). The van der Waals surface area contributed by atoms with Crippen molar-refractivity contribution in [1.82, 2.24) is 5.01 Å². The summed E-state index contributed by atoms with van der Waals surface area (Å²) in [5.74, 6) is -2.21. The highest BCUT2D eigenvalue weighted by Gasteiger charge is 2.69. The molecule has 1 aliphatic heterocycles. The van der Waals surface area contributed by atoms with Gasteiger partial charge in [-0.25, -0.2) is 0 Å². The molecule has 1 aliphatic carbocycles. The molecule has 2 aliphatic rings. The molecule has 2 aromatic rings. The van der Waals surface area contributed by atoms with Gasteiger partial charge in [-0.2, -0.15) is 23.3 Å². The molecule has 7 heteroatoms. The van der Waals surface area contributed by atoms with Crippen molar-refractivity contribution in [1.29, 1.82) is 0 Å². The van der Waals surface area contributed by atoms with E-state index < -0.39 is 23.7 Å². The first kappa shape index (κ1) is 23.5. The van der Waals surface area contributed by atoms with E-state index in [9.17, 15) is 23.1 Å². The molecular weight excluding hydrogens is 429 g/mol. The van der Waals surface area contributed by atoms with Crippen molar-refractivity contribution < 1.29 is 23.1 Å². The van der Waals surface area contributed by atoms with E-state index in [1.54, 1.807) is 12.1 Å². The third-order valence-electron chi connectivity index (χ3n) is 7.57. The molecule has 1 amide bonds. The zero-order valence-electron chi connectivity index (χ0n) is 19.1. The number of amides is 1. The van der Waals surface area contributed by atoms with Crippen molar-refractivity contribution in [2.24, 2.45) is 22.4 Å². The average Bonchev–Trinajstić information content (AvgIpc) is 3.12. The first-order valence-electron chi connectivity index (χ1n) is 11.4. The van der Waals surface area contributed by atoms with Crippen molar-refractivity contribution in [2.75, 3.05) is 0 Å². The second-order valence-corrected chi connectivity index (χ2v) is 9.74. The molecule has 1 N–H and O–H groups in total. The Morgan fingerprint density at radius 3 is 2.27 bits per heavy atom. The van der Waals surface area contributed by atoms with E-state index in [0.29, 0.717) is 12.8 Å². The average molecular weight is 459 g/mol. The Bertz CT molecular complexity index is 1050. The quantitative estimate of drug-likeness (QED) is 0.587. The lowest BCUT2D eigenvalue weighted by Crippen LogP contribution is -2.62. The van der Waals surface area contributed by atoms with Crippen LogP contribution in [0.15, 0.2) is 59.7 Å². The molecule has 0 bridgehead atoms. The molecule has 1 fully saturated rings. The fourth-order valence-electron chi connectivity index (χ4n) is 4.98. The van der Waals surface area contributed by atoms with E-state index >= 15 is 0 Å². The number of carbonyl (C=O) groups excluding carboxylic acids is 1. The molecule has 0 spiro atoms. The molecule has 0 radical (unpaired) electrons. The lowest BCUT2D eigenvalue weighted by molar-refractivity contribution is -0.314. The molecule has 0 unspecified atom stereocenters. The smallest absolute Gasteiger partial charge is 0.362 e. The second-order valence-electron chi connectivity index (χ2n) is 9.74. The number of carbonyl (C=O) groups is 1. The predicted octanol–water partition coefficient (Wildman–Crippen LogP) is 6.27. The van der Waals surface area contributed by atoms with Crippen molar-refractivity contribution in [3.05, 3.63) is 60.2 Å². The number of alkyl halides is 3. The summed E-state index contributed by atoms with van der Waals surface area (Å²) in [5, 5.41) is 15.4. The van der Waals surface area contributed by atoms with Crippen LogP contribution in [0.25, 0.3) is 11.1 Å². The van der Waals surface area contributed by atoms with Crippen molar-refractivity contribution in [2.45, 2.75) is 58.4 Å². The van der Waals surface area contributed by atoms with Gasteiger partial charge < -0.3 is 5.11 Å². The summed E-state index contributed by atoms with van der Waals surface area (Å²) in [6.07, 6.45) is -3.04.